The number of fused-ring (bicyclic) bond motifs is 1. The maximum atomic E-state index is 12.9. The highest BCUT2D eigenvalue weighted by Gasteiger charge is 2.21. The largest absolute Gasteiger partial charge is 0.493 e. The Bertz CT molecular complexity index is 1210. The molecule has 0 aliphatic carbocycles. The number of nitrogens with one attached hydrogen (secondary N) is 1. The molecular formula is C28H34N4O4. The lowest BCUT2D eigenvalue weighted by atomic mass is 10.0. The van der Waals surface area contributed by atoms with Gasteiger partial charge in [0.2, 0.25) is 5.91 Å². The highest BCUT2D eigenvalue weighted by atomic mass is 16.5. The van der Waals surface area contributed by atoms with Crippen LogP contribution in [0.4, 0.5) is 0 Å². The number of rotatable bonds is 5. The number of carbonyl (C=O) groups is 2. The molecule has 2 N–H and O–H groups in total. The highest BCUT2D eigenvalue weighted by Crippen LogP contribution is 2.28. The zero-order valence-electron chi connectivity index (χ0n) is 21.0. The van der Waals surface area contributed by atoms with E-state index in [1.165, 1.54) is 0 Å². The van der Waals surface area contributed by atoms with Crippen molar-refractivity contribution in [2.24, 2.45) is 7.05 Å². The summed E-state index contributed by atoms with van der Waals surface area (Å²) in [6, 6.07) is 15.6. The quantitative estimate of drug-likeness (QED) is 0.566. The Hall–Kier alpha value is -3.65. The van der Waals surface area contributed by atoms with Crippen molar-refractivity contribution in [2.45, 2.75) is 45.7 Å². The van der Waals surface area contributed by atoms with Gasteiger partial charge in [0.1, 0.15) is 5.75 Å². The van der Waals surface area contributed by atoms with Crippen LogP contribution in [0.5, 0.6) is 5.75 Å². The van der Waals surface area contributed by atoms with E-state index in [9.17, 15) is 14.7 Å². The molecule has 190 valence electrons. The van der Waals surface area contributed by atoms with E-state index in [1.807, 2.05) is 61.1 Å². The molecule has 0 fully saturated rings. The van der Waals surface area contributed by atoms with Crippen molar-refractivity contribution < 1.29 is 19.4 Å². The number of carboxylic acids is 1. The molecule has 0 atom stereocenters. The van der Waals surface area contributed by atoms with Gasteiger partial charge in [-0.25, -0.2) is 0 Å². The smallest absolute Gasteiger partial charge is 0.307 e. The van der Waals surface area contributed by atoms with Gasteiger partial charge < -0.3 is 15.2 Å². The number of hydrogen-bond donors (Lipinski definition) is 2. The molecule has 36 heavy (non-hydrogen) atoms. The van der Waals surface area contributed by atoms with Crippen LogP contribution in [0.1, 0.15) is 41.6 Å². The molecule has 0 radical (unpaired) electrons. The molecule has 1 aliphatic heterocycles. The van der Waals surface area contributed by atoms with Crippen molar-refractivity contribution in [3.63, 3.8) is 0 Å². The number of nitrogens with zero attached hydrogens (tertiary/aromatic N) is 3. The minimum Gasteiger partial charge on any atom is -0.493 e. The number of aliphatic carboxylic acids is 1. The zero-order valence-corrected chi connectivity index (χ0v) is 21.0. The molecule has 2 heterocycles. The molecule has 1 aromatic heterocycles. The Morgan fingerprint density at radius 3 is 2.69 bits per heavy atom. The van der Waals surface area contributed by atoms with Gasteiger partial charge >= 0.3 is 5.97 Å². The normalized spacial score (nSPS) is 15.6. The Kier molecular flexibility index (Phi) is 8.38. The minimum absolute atomic E-state index is 0.0267. The standard InChI is InChI=1S/C28H34N4O4/c1-20-24(28(30-31(20)2)22-9-5-3-6-10-22)18-32-17-23-15-21(16-27(34)35)11-12-25(23)36-14-8-4-7-13-29-26(33)19-32/h3,5-6,9-12,15H,4,7-8,13-14,16-19H2,1-2H3,(H,29,33)(H,34,35). The molecule has 0 bridgehead atoms. The average molecular weight is 491 g/mol. The summed E-state index contributed by atoms with van der Waals surface area (Å²) in [4.78, 5) is 26.3. The van der Waals surface area contributed by atoms with Gasteiger partial charge in [0.25, 0.3) is 0 Å². The van der Waals surface area contributed by atoms with Crippen molar-refractivity contribution in [3.05, 3.63) is 70.9 Å². The summed E-state index contributed by atoms with van der Waals surface area (Å²) in [5.74, 6) is -0.170. The summed E-state index contributed by atoms with van der Waals surface area (Å²) in [5, 5.41) is 17.1. The fourth-order valence-corrected chi connectivity index (χ4v) is 4.56. The average Bonchev–Trinajstić information content (AvgIpc) is 3.13. The van der Waals surface area contributed by atoms with Gasteiger partial charge in [0.15, 0.2) is 0 Å². The summed E-state index contributed by atoms with van der Waals surface area (Å²) >= 11 is 0. The van der Waals surface area contributed by atoms with E-state index in [2.05, 4.69) is 10.2 Å². The molecular weight excluding hydrogens is 456 g/mol. The van der Waals surface area contributed by atoms with Crippen LogP contribution in [0.25, 0.3) is 11.3 Å². The number of carboxylic acid groups (broad SMARTS) is 1. The molecule has 0 saturated carbocycles. The lowest BCUT2D eigenvalue weighted by molar-refractivity contribution is -0.136. The summed E-state index contributed by atoms with van der Waals surface area (Å²) < 4.78 is 7.99. The number of amides is 1. The summed E-state index contributed by atoms with van der Waals surface area (Å²) in [6.07, 6.45) is 2.70. The summed E-state index contributed by atoms with van der Waals surface area (Å²) in [6.45, 7) is 4.43. The maximum absolute atomic E-state index is 12.9. The highest BCUT2D eigenvalue weighted by molar-refractivity contribution is 5.78. The first-order valence-electron chi connectivity index (χ1n) is 12.4. The SMILES string of the molecule is Cc1c(CN2CC(=O)NCCCCCOc3ccc(CC(=O)O)cc3C2)c(-c2ccccc2)nn1C. The molecule has 3 aromatic rings. The number of hydrogen-bond acceptors (Lipinski definition) is 5. The Labute approximate surface area is 211 Å². The van der Waals surface area contributed by atoms with Crippen LogP contribution in [-0.2, 0) is 36.1 Å². The van der Waals surface area contributed by atoms with Gasteiger partial charge in [-0.3, -0.25) is 19.2 Å². The number of aromatic nitrogens is 2. The number of aryl methyl sites for hydroxylation is 1. The van der Waals surface area contributed by atoms with E-state index >= 15 is 0 Å². The maximum Gasteiger partial charge on any atom is 0.307 e. The van der Waals surface area contributed by atoms with E-state index < -0.39 is 5.97 Å². The second-order valence-electron chi connectivity index (χ2n) is 9.32. The summed E-state index contributed by atoms with van der Waals surface area (Å²) in [7, 11) is 1.93. The van der Waals surface area contributed by atoms with Crippen molar-refractivity contribution in [2.75, 3.05) is 19.7 Å². The van der Waals surface area contributed by atoms with Crippen LogP contribution in [0.2, 0.25) is 0 Å². The number of benzene rings is 2. The molecule has 0 saturated heterocycles. The van der Waals surface area contributed by atoms with E-state index in [4.69, 9.17) is 9.84 Å². The first-order chi connectivity index (χ1) is 17.4. The molecule has 1 amide bonds. The topological polar surface area (TPSA) is 96.7 Å². The zero-order chi connectivity index (χ0) is 25.5. The fourth-order valence-electron chi connectivity index (χ4n) is 4.56. The second-order valence-corrected chi connectivity index (χ2v) is 9.32. The van der Waals surface area contributed by atoms with Gasteiger partial charge in [-0.2, -0.15) is 5.10 Å². The van der Waals surface area contributed by atoms with Crippen LogP contribution < -0.4 is 10.1 Å². The van der Waals surface area contributed by atoms with Crippen LogP contribution in [0.15, 0.2) is 48.5 Å². The van der Waals surface area contributed by atoms with Crippen molar-refractivity contribution in [3.8, 4) is 17.0 Å². The Morgan fingerprint density at radius 1 is 1.11 bits per heavy atom. The minimum atomic E-state index is -0.879. The molecule has 2 aromatic carbocycles. The monoisotopic (exact) mass is 490 g/mol. The van der Waals surface area contributed by atoms with E-state index in [0.717, 1.165) is 53.1 Å². The second kappa shape index (κ2) is 11.9. The molecule has 4 rings (SSSR count). The van der Waals surface area contributed by atoms with Gasteiger partial charge in [-0.1, -0.05) is 42.5 Å². The molecule has 1 aliphatic rings. The molecule has 8 nitrogen and oxygen atoms in total. The van der Waals surface area contributed by atoms with Gasteiger partial charge in [0, 0.05) is 49.1 Å². The molecule has 0 unspecified atom stereocenters. The van der Waals surface area contributed by atoms with Crippen LogP contribution in [0.3, 0.4) is 0 Å². The van der Waals surface area contributed by atoms with Gasteiger partial charge in [-0.05, 0) is 37.8 Å². The van der Waals surface area contributed by atoms with Crippen molar-refractivity contribution in [1.29, 1.82) is 0 Å². The fraction of sp³-hybridized carbons (Fsp3) is 0.393. The lowest BCUT2D eigenvalue weighted by Gasteiger charge is -2.24. The van der Waals surface area contributed by atoms with E-state index in [1.54, 1.807) is 6.07 Å². The van der Waals surface area contributed by atoms with Crippen molar-refractivity contribution >= 4 is 11.9 Å². The molecule has 8 heteroatoms. The first kappa shape index (κ1) is 25.4. The Morgan fingerprint density at radius 2 is 1.92 bits per heavy atom. The lowest BCUT2D eigenvalue weighted by Crippen LogP contribution is -2.37. The first-order valence-corrected chi connectivity index (χ1v) is 12.4. The van der Waals surface area contributed by atoms with E-state index in [-0.39, 0.29) is 18.9 Å². The van der Waals surface area contributed by atoms with Crippen LogP contribution >= 0.6 is 0 Å². The number of carbonyl (C=O) groups excluding carboxylic acids is 1. The van der Waals surface area contributed by atoms with Crippen LogP contribution in [-0.4, -0.2) is 51.4 Å². The predicted molar refractivity (Wildman–Crippen MR) is 138 cm³/mol. The third-order valence-electron chi connectivity index (χ3n) is 6.53. The molecule has 0 spiro atoms. The van der Waals surface area contributed by atoms with Gasteiger partial charge in [0.05, 0.1) is 25.3 Å². The third kappa shape index (κ3) is 6.51. The predicted octanol–water partition coefficient (Wildman–Crippen LogP) is 3.70. The Balaban J connectivity index is 1.70. The third-order valence-corrected chi connectivity index (χ3v) is 6.53. The summed E-state index contributed by atoms with van der Waals surface area (Å²) in [5.41, 5.74) is 5.61. The number of ether oxygens (including phenoxy) is 1. The van der Waals surface area contributed by atoms with Crippen molar-refractivity contribution in [1.82, 2.24) is 20.0 Å². The van der Waals surface area contributed by atoms with Gasteiger partial charge in [-0.15, -0.1) is 0 Å². The van der Waals surface area contributed by atoms with Crippen LogP contribution in [0, 0.1) is 6.92 Å². The van der Waals surface area contributed by atoms with E-state index in [0.29, 0.717) is 31.8 Å².